The van der Waals surface area contributed by atoms with Gasteiger partial charge in [-0.2, -0.15) is 0 Å². The molecule has 0 fully saturated rings. The summed E-state index contributed by atoms with van der Waals surface area (Å²) in [7, 11) is 0. The molecule has 140 valence electrons. The van der Waals surface area contributed by atoms with E-state index in [0.29, 0.717) is 12.2 Å². The summed E-state index contributed by atoms with van der Waals surface area (Å²) in [6, 6.07) is 15.8. The molecule has 0 aliphatic rings. The molecule has 0 N–H and O–H groups in total. The van der Waals surface area contributed by atoms with E-state index in [0.717, 1.165) is 45.9 Å². The third-order valence-corrected chi connectivity index (χ3v) is 5.06. The van der Waals surface area contributed by atoms with Crippen LogP contribution in [-0.2, 0) is 4.74 Å². The van der Waals surface area contributed by atoms with Gasteiger partial charge in [0.25, 0.3) is 0 Å². The highest BCUT2D eigenvalue weighted by Crippen LogP contribution is 2.28. The molecule has 1 aromatic heterocycles. The lowest BCUT2D eigenvalue weighted by molar-refractivity contribution is 0.0500. The van der Waals surface area contributed by atoms with Crippen LogP contribution in [0.25, 0.3) is 22.2 Å². The Hall–Kier alpha value is -2.20. The first-order valence-electron chi connectivity index (χ1n) is 9.43. The van der Waals surface area contributed by atoms with Crippen LogP contribution in [-0.4, -0.2) is 17.6 Å². The van der Waals surface area contributed by atoms with Crippen LogP contribution in [0.2, 0.25) is 0 Å². The Kier molecular flexibility index (Phi) is 6.62. The van der Waals surface area contributed by atoms with E-state index in [2.05, 4.69) is 41.9 Å². The fourth-order valence-electron chi connectivity index (χ4n) is 3.01. The smallest absolute Gasteiger partial charge is 0.338 e. The van der Waals surface area contributed by atoms with Gasteiger partial charge in [-0.1, -0.05) is 71.9 Å². The molecule has 3 rings (SSSR count). The lowest BCUT2D eigenvalue weighted by Gasteiger charge is -2.11. The second-order valence-corrected chi connectivity index (χ2v) is 7.69. The maximum absolute atomic E-state index is 12.8. The van der Waals surface area contributed by atoms with E-state index in [1.807, 2.05) is 36.4 Å². The quantitative estimate of drug-likeness (QED) is 0.311. The zero-order valence-electron chi connectivity index (χ0n) is 15.8. The number of unbranched alkanes of at least 4 members (excludes halogenated alkanes) is 3. The van der Waals surface area contributed by atoms with Crippen molar-refractivity contribution in [3.05, 3.63) is 64.1 Å². The van der Waals surface area contributed by atoms with Gasteiger partial charge >= 0.3 is 5.97 Å². The minimum Gasteiger partial charge on any atom is -0.462 e. The lowest BCUT2D eigenvalue weighted by atomic mass is 10.0. The van der Waals surface area contributed by atoms with E-state index < -0.39 is 0 Å². The Balaban J connectivity index is 1.94. The molecule has 2 aromatic carbocycles. The van der Waals surface area contributed by atoms with Crippen molar-refractivity contribution < 1.29 is 9.53 Å². The fraction of sp³-hybridized carbons (Fsp3) is 0.304. The highest BCUT2D eigenvalue weighted by Gasteiger charge is 2.15. The van der Waals surface area contributed by atoms with Crippen LogP contribution in [0.5, 0.6) is 0 Å². The van der Waals surface area contributed by atoms with Crippen molar-refractivity contribution >= 4 is 32.8 Å². The molecule has 0 saturated carbocycles. The topological polar surface area (TPSA) is 39.2 Å². The number of aryl methyl sites for hydroxylation is 1. The van der Waals surface area contributed by atoms with E-state index in [9.17, 15) is 4.79 Å². The Morgan fingerprint density at radius 3 is 2.56 bits per heavy atom. The second-order valence-electron chi connectivity index (χ2n) is 6.78. The molecular weight excluding hydrogens is 402 g/mol. The number of ether oxygens (including phenoxy) is 1. The van der Waals surface area contributed by atoms with E-state index in [1.165, 1.54) is 12.0 Å². The van der Waals surface area contributed by atoms with Crippen molar-refractivity contribution in [1.82, 2.24) is 4.98 Å². The van der Waals surface area contributed by atoms with Crippen molar-refractivity contribution in [2.75, 3.05) is 6.61 Å². The number of pyridine rings is 1. The monoisotopic (exact) mass is 425 g/mol. The summed E-state index contributed by atoms with van der Waals surface area (Å²) in [6.45, 7) is 4.67. The molecule has 0 aliphatic carbocycles. The van der Waals surface area contributed by atoms with Crippen molar-refractivity contribution in [1.29, 1.82) is 0 Å². The van der Waals surface area contributed by atoms with Crippen LogP contribution >= 0.6 is 15.9 Å². The van der Waals surface area contributed by atoms with Crippen molar-refractivity contribution in [3.63, 3.8) is 0 Å². The zero-order chi connectivity index (χ0) is 19.2. The molecule has 0 spiro atoms. The Labute approximate surface area is 168 Å². The number of carbonyl (C=O) groups excluding carboxylic acids is 1. The van der Waals surface area contributed by atoms with Crippen molar-refractivity contribution in [2.45, 2.75) is 39.5 Å². The molecule has 0 radical (unpaired) electrons. The Bertz CT molecular complexity index is 935. The summed E-state index contributed by atoms with van der Waals surface area (Å²) in [5, 5.41) is 0.804. The van der Waals surface area contributed by atoms with Gasteiger partial charge in [0.15, 0.2) is 0 Å². The standard InChI is InChI=1S/C23H24BrNO2/c1-3-4-5-6-13-27-23(26)20-15-22(17-9-7-16(2)8-10-17)25-21-12-11-18(24)14-19(20)21/h7-12,14-15H,3-6,13H2,1-2H3. The second kappa shape index (κ2) is 9.14. The molecular formula is C23H24BrNO2. The van der Waals surface area contributed by atoms with Gasteiger partial charge in [-0.15, -0.1) is 0 Å². The summed E-state index contributed by atoms with van der Waals surface area (Å²) < 4.78 is 6.46. The lowest BCUT2D eigenvalue weighted by Crippen LogP contribution is -2.08. The van der Waals surface area contributed by atoms with Crippen LogP contribution < -0.4 is 0 Å². The van der Waals surface area contributed by atoms with Crippen LogP contribution in [0.1, 0.15) is 48.5 Å². The fourth-order valence-corrected chi connectivity index (χ4v) is 3.37. The molecule has 0 bridgehead atoms. The van der Waals surface area contributed by atoms with Gasteiger partial charge in [0, 0.05) is 15.4 Å². The molecule has 1 heterocycles. The van der Waals surface area contributed by atoms with Crippen LogP contribution in [0.15, 0.2) is 53.0 Å². The Morgan fingerprint density at radius 2 is 1.81 bits per heavy atom. The number of rotatable bonds is 7. The highest BCUT2D eigenvalue weighted by atomic mass is 79.9. The normalized spacial score (nSPS) is 10.9. The number of nitrogens with zero attached hydrogens (tertiary/aromatic N) is 1. The largest absolute Gasteiger partial charge is 0.462 e. The first-order chi connectivity index (χ1) is 13.1. The van der Waals surface area contributed by atoms with Crippen LogP contribution in [0.4, 0.5) is 0 Å². The SMILES string of the molecule is CCCCCCOC(=O)c1cc(-c2ccc(C)cc2)nc2ccc(Br)cc12. The summed E-state index contributed by atoms with van der Waals surface area (Å²) in [4.78, 5) is 17.5. The third-order valence-electron chi connectivity index (χ3n) is 4.57. The number of hydrogen-bond donors (Lipinski definition) is 0. The maximum Gasteiger partial charge on any atom is 0.338 e. The van der Waals surface area contributed by atoms with Gasteiger partial charge in [0.05, 0.1) is 23.4 Å². The van der Waals surface area contributed by atoms with Gasteiger partial charge in [-0.05, 0) is 37.6 Å². The first kappa shape index (κ1) is 19.6. The van der Waals surface area contributed by atoms with E-state index in [-0.39, 0.29) is 5.97 Å². The summed E-state index contributed by atoms with van der Waals surface area (Å²) in [5.41, 5.74) is 4.31. The molecule has 0 aliphatic heterocycles. The Morgan fingerprint density at radius 1 is 1.04 bits per heavy atom. The average molecular weight is 426 g/mol. The molecule has 0 amide bonds. The average Bonchev–Trinajstić information content (AvgIpc) is 2.67. The van der Waals surface area contributed by atoms with Crippen molar-refractivity contribution in [3.8, 4) is 11.3 Å². The molecule has 27 heavy (non-hydrogen) atoms. The number of fused-ring (bicyclic) bond motifs is 1. The number of carbonyl (C=O) groups is 1. The number of esters is 1. The predicted molar refractivity (Wildman–Crippen MR) is 114 cm³/mol. The number of aromatic nitrogens is 1. The zero-order valence-corrected chi connectivity index (χ0v) is 17.4. The molecule has 3 aromatic rings. The summed E-state index contributed by atoms with van der Waals surface area (Å²) in [5.74, 6) is -0.287. The first-order valence-corrected chi connectivity index (χ1v) is 10.2. The predicted octanol–water partition coefficient (Wildman–Crippen LogP) is 6.71. The third kappa shape index (κ3) is 4.95. The maximum atomic E-state index is 12.8. The minimum atomic E-state index is -0.287. The molecule has 0 unspecified atom stereocenters. The number of benzene rings is 2. The van der Waals surface area contributed by atoms with Crippen LogP contribution in [0, 0.1) is 6.92 Å². The minimum absolute atomic E-state index is 0.287. The van der Waals surface area contributed by atoms with Gasteiger partial charge in [0.2, 0.25) is 0 Å². The number of halogens is 1. The van der Waals surface area contributed by atoms with Gasteiger partial charge in [0.1, 0.15) is 0 Å². The molecule has 3 nitrogen and oxygen atoms in total. The van der Waals surface area contributed by atoms with E-state index in [1.54, 1.807) is 0 Å². The van der Waals surface area contributed by atoms with Gasteiger partial charge in [-0.25, -0.2) is 9.78 Å². The van der Waals surface area contributed by atoms with E-state index in [4.69, 9.17) is 9.72 Å². The summed E-state index contributed by atoms with van der Waals surface area (Å²) in [6.07, 6.45) is 4.31. The number of hydrogen-bond acceptors (Lipinski definition) is 3. The summed E-state index contributed by atoms with van der Waals surface area (Å²) >= 11 is 3.49. The molecule has 0 saturated heterocycles. The van der Waals surface area contributed by atoms with Gasteiger partial charge < -0.3 is 4.74 Å². The van der Waals surface area contributed by atoms with Crippen molar-refractivity contribution in [2.24, 2.45) is 0 Å². The van der Waals surface area contributed by atoms with Gasteiger partial charge in [-0.3, -0.25) is 0 Å². The molecule has 0 atom stereocenters. The molecule has 4 heteroatoms. The highest BCUT2D eigenvalue weighted by molar-refractivity contribution is 9.10. The van der Waals surface area contributed by atoms with Crippen LogP contribution in [0.3, 0.4) is 0 Å². The van der Waals surface area contributed by atoms with E-state index >= 15 is 0 Å².